The van der Waals surface area contributed by atoms with E-state index in [4.69, 9.17) is 9.47 Å². The third-order valence-electron chi connectivity index (χ3n) is 4.61. The van der Waals surface area contributed by atoms with Crippen LogP contribution in [0.3, 0.4) is 0 Å². The largest absolute Gasteiger partial charge is 0.497 e. The Morgan fingerprint density at radius 3 is 2.37 bits per heavy atom. The van der Waals surface area contributed by atoms with E-state index in [0.29, 0.717) is 22.3 Å². The van der Waals surface area contributed by atoms with E-state index < -0.39 is 0 Å². The van der Waals surface area contributed by atoms with E-state index >= 15 is 0 Å². The highest BCUT2D eigenvalue weighted by Gasteiger charge is 2.17. The van der Waals surface area contributed by atoms with Crippen molar-refractivity contribution in [1.82, 2.24) is 14.8 Å². The molecule has 4 aromatic rings. The van der Waals surface area contributed by atoms with Crippen molar-refractivity contribution in [3.05, 3.63) is 84.2 Å². The minimum Gasteiger partial charge on any atom is -0.497 e. The van der Waals surface area contributed by atoms with Gasteiger partial charge in [-0.2, -0.15) is 0 Å². The zero-order valence-corrected chi connectivity index (χ0v) is 17.4. The Morgan fingerprint density at radius 2 is 1.63 bits per heavy atom. The molecule has 0 spiro atoms. The predicted octanol–water partition coefficient (Wildman–Crippen LogP) is 5.38. The van der Waals surface area contributed by atoms with Gasteiger partial charge in [-0.1, -0.05) is 42.1 Å². The minimum atomic E-state index is -0.228. The maximum atomic E-state index is 14.1. The van der Waals surface area contributed by atoms with E-state index in [2.05, 4.69) is 10.2 Å². The molecule has 0 unspecified atom stereocenters. The number of nitrogens with zero attached hydrogens (tertiary/aromatic N) is 3. The summed E-state index contributed by atoms with van der Waals surface area (Å²) in [5.41, 5.74) is 2.37. The van der Waals surface area contributed by atoms with Crippen LogP contribution in [0.15, 0.2) is 78.0 Å². The van der Waals surface area contributed by atoms with Crippen LogP contribution in [0.25, 0.3) is 17.1 Å². The fraction of sp³-hybridized carbons (Fsp3) is 0.130. The first-order valence-corrected chi connectivity index (χ1v) is 10.3. The van der Waals surface area contributed by atoms with Crippen molar-refractivity contribution in [1.29, 1.82) is 0 Å². The number of hydrogen-bond donors (Lipinski definition) is 0. The van der Waals surface area contributed by atoms with Gasteiger partial charge in [0.25, 0.3) is 0 Å². The van der Waals surface area contributed by atoms with Crippen LogP contribution >= 0.6 is 11.8 Å². The van der Waals surface area contributed by atoms with Gasteiger partial charge in [-0.3, -0.25) is 4.57 Å². The number of ether oxygens (including phenoxy) is 2. The van der Waals surface area contributed by atoms with Crippen LogP contribution in [0.4, 0.5) is 4.39 Å². The standard InChI is InChI=1S/C23H20FN3O2S/c1-28-19-12-10-18(11-13-19)27-22(16-7-5-8-20(14-16)29-2)25-26-23(27)30-15-17-6-3-4-9-21(17)24/h3-14H,15H2,1-2H3. The lowest BCUT2D eigenvalue weighted by atomic mass is 10.2. The molecule has 5 nitrogen and oxygen atoms in total. The molecule has 7 heteroatoms. The van der Waals surface area contributed by atoms with Gasteiger partial charge < -0.3 is 9.47 Å². The van der Waals surface area contributed by atoms with Gasteiger partial charge in [0.05, 0.1) is 14.2 Å². The first-order valence-electron chi connectivity index (χ1n) is 9.30. The Balaban J connectivity index is 1.75. The lowest BCUT2D eigenvalue weighted by Gasteiger charge is -2.12. The van der Waals surface area contributed by atoms with Gasteiger partial charge in [0.2, 0.25) is 0 Å². The molecule has 0 amide bonds. The molecule has 0 aliphatic heterocycles. The number of halogens is 1. The zero-order valence-electron chi connectivity index (χ0n) is 16.6. The van der Waals surface area contributed by atoms with Crippen LogP contribution in [0.1, 0.15) is 5.56 Å². The van der Waals surface area contributed by atoms with Gasteiger partial charge >= 0.3 is 0 Å². The summed E-state index contributed by atoms with van der Waals surface area (Å²) in [6.45, 7) is 0. The lowest BCUT2D eigenvalue weighted by Crippen LogP contribution is -2.00. The summed E-state index contributed by atoms with van der Waals surface area (Å²) in [4.78, 5) is 0. The maximum Gasteiger partial charge on any atom is 0.196 e. The normalized spacial score (nSPS) is 10.8. The summed E-state index contributed by atoms with van der Waals surface area (Å²) in [7, 11) is 3.26. The lowest BCUT2D eigenvalue weighted by molar-refractivity contribution is 0.414. The third-order valence-corrected chi connectivity index (χ3v) is 5.58. The topological polar surface area (TPSA) is 49.2 Å². The van der Waals surface area contributed by atoms with Crippen LogP contribution in [0.2, 0.25) is 0 Å². The number of aromatic nitrogens is 3. The van der Waals surface area contributed by atoms with Gasteiger partial charge in [0.1, 0.15) is 17.3 Å². The fourth-order valence-corrected chi connectivity index (χ4v) is 3.97. The highest BCUT2D eigenvalue weighted by Crippen LogP contribution is 2.32. The molecule has 0 radical (unpaired) electrons. The molecule has 152 valence electrons. The quantitative estimate of drug-likeness (QED) is 0.375. The Hall–Kier alpha value is -3.32. The van der Waals surface area contributed by atoms with E-state index in [0.717, 1.165) is 22.7 Å². The highest BCUT2D eigenvalue weighted by molar-refractivity contribution is 7.98. The van der Waals surface area contributed by atoms with E-state index in [1.807, 2.05) is 59.2 Å². The van der Waals surface area contributed by atoms with Gasteiger partial charge in [0.15, 0.2) is 11.0 Å². The number of hydrogen-bond acceptors (Lipinski definition) is 5. The van der Waals surface area contributed by atoms with Crippen molar-refractivity contribution in [2.45, 2.75) is 10.9 Å². The van der Waals surface area contributed by atoms with Crippen LogP contribution in [0.5, 0.6) is 11.5 Å². The van der Waals surface area contributed by atoms with Crippen molar-refractivity contribution >= 4 is 11.8 Å². The Labute approximate surface area is 178 Å². The van der Waals surface area contributed by atoms with Gasteiger partial charge in [0, 0.05) is 17.0 Å². The smallest absolute Gasteiger partial charge is 0.196 e. The summed E-state index contributed by atoms with van der Waals surface area (Å²) in [5, 5.41) is 9.49. The van der Waals surface area contributed by atoms with Crippen LogP contribution in [-0.2, 0) is 5.75 Å². The second-order valence-electron chi connectivity index (χ2n) is 6.45. The molecule has 1 heterocycles. The summed E-state index contributed by atoms with van der Waals surface area (Å²) in [5.74, 6) is 2.38. The van der Waals surface area contributed by atoms with Crippen molar-refractivity contribution in [2.24, 2.45) is 0 Å². The summed E-state index contributed by atoms with van der Waals surface area (Å²) >= 11 is 1.43. The van der Waals surface area contributed by atoms with Crippen molar-refractivity contribution in [3.8, 4) is 28.6 Å². The first kappa shape index (κ1) is 20.0. The van der Waals surface area contributed by atoms with Gasteiger partial charge in [-0.25, -0.2) is 4.39 Å². The number of thioether (sulfide) groups is 1. The van der Waals surface area contributed by atoms with Crippen LogP contribution < -0.4 is 9.47 Å². The Morgan fingerprint density at radius 1 is 0.867 bits per heavy atom. The van der Waals surface area contributed by atoms with Gasteiger partial charge in [-0.15, -0.1) is 10.2 Å². The molecule has 30 heavy (non-hydrogen) atoms. The van der Waals surface area contributed by atoms with Crippen molar-refractivity contribution in [3.63, 3.8) is 0 Å². The number of methoxy groups -OCH3 is 2. The SMILES string of the molecule is COc1ccc(-n2c(SCc3ccccc3F)nnc2-c2cccc(OC)c2)cc1. The van der Waals surface area contributed by atoms with E-state index in [-0.39, 0.29) is 5.82 Å². The zero-order chi connectivity index (χ0) is 20.9. The summed E-state index contributed by atoms with van der Waals surface area (Å²) < 4.78 is 26.7. The monoisotopic (exact) mass is 421 g/mol. The molecule has 3 aromatic carbocycles. The van der Waals surface area contributed by atoms with Crippen molar-refractivity contribution in [2.75, 3.05) is 14.2 Å². The molecule has 1 aromatic heterocycles. The Bertz CT molecular complexity index is 1150. The summed E-state index contributed by atoms with van der Waals surface area (Å²) in [6.07, 6.45) is 0. The molecule has 4 rings (SSSR count). The second kappa shape index (κ2) is 9.00. The third kappa shape index (κ3) is 4.16. The van der Waals surface area contributed by atoms with Crippen LogP contribution in [0, 0.1) is 5.82 Å². The highest BCUT2D eigenvalue weighted by atomic mass is 32.2. The van der Waals surface area contributed by atoms with E-state index in [1.165, 1.54) is 17.8 Å². The van der Waals surface area contributed by atoms with E-state index in [9.17, 15) is 4.39 Å². The van der Waals surface area contributed by atoms with Crippen LogP contribution in [-0.4, -0.2) is 29.0 Å². The Kier molecular flexibility index (Phi) is 5.99. The van der Waals surface area contributed by atoms with E-state index in [1.54, 1.807) is 26.4 Å². The van der Waals surface area contributed by atoms with Crippen molar-refractivity contribution < 1.29 is 13.9 Å². The molecule has 0 atom stereocenters. The molecule has 0 N–H and O–H groups in total. The molecule has 0 saturated carbocycles. The minimum absolute atomic E-state index is 0.228. The van der Waals surface area contributed by atoms with Gasteiger partial charge in [-0.05, 0) is 48.0 Å². The number of rotatable bonds is 7. The maximum absolute atomic E-state index is 14.1. The molecule has 0 fully saturated rings. The molecular formula is C23H20FN3O2S. The molecule has 0 bridgehead atoms. The molecule has 0 aliphatic carbocycles. The number of benzene rings is 3. The average molecular weight is 421 g/mol. The average Bonchev–Trinajstić information content (AvgIpc) is 3.22. The molecule has 0 aliphatic rings. The summed E-state index contributed by atoms with van der Waals surface area (Å²) in [6, 6.07) is 22.1. The fourth-order valence-electron chi connectivity index (χ4n) is 3.03. The molecule has 0 saturated heterocycles. The first-order chi connectivity index (χ1) is 14.7. The molecular weight excluding hydrogens is 401 g/mol. The second-order valence-corrected chi connectivity index (χ2v) is 7.39. The predicted molar refractivity (Wildman–Crippen MR) is 116 cm³/mol.